The van der Waals surface area contributed by atoms with E-state index in [9.17, 15) is 18.4 Å². The molecule has 214 valence electrons. The van der Waals surface area contributed by atoms with Crippen molar-refractivity contribution in [3.63, 3.8) is 0 Å². The summed E-state index contributed by atoms with van der Waals surface area (Å²) in [6, 6.07) is 26.7. The van der Waals surface area contributed by atoms with Crippen LogP contribution in [0.4, 0.5) is 14.5 Å². The van der Waals surface area contributed by atoms with Crippen molar-refractivity contribution in [2.75, 3.05) is 38.2 Å². The Kier molecular flexibility index (Phi) is 7.61. The summed E-state index contributed by atoms with van der Waals surface area (Å²) in [7, 11) is 1.59. The lowest BCUT2D eigenvalue weighted by atomic mass is 9.78. The summed E-state index contributed by atoms with van der Waals surface area (Å²) in [6.07, 6.45) is 0. The van der Waals surface area contributed by atoms with E-state index in [0.717, 1.165) is 16.8 Å². The Labute approximate surface area is 243 Å². The summed E-state index contributed by atoms with van der Waals surface area (Å²) in [5.74, 6) is -0.850. The number of fused-ring (bicyclic) bond motifs is 1. The molecule has 1 saturated heterocycles. The molecule has 4 aromatic rings. The zero-order chi connectivity index (χ0) is 29.2. The van der Waals surface area contributed by atoms with E-state index < -0.39 is 12.0 Å². The molecule has 2 atom stereocenters. The van der Waals surface area contributed by atoms with Gasteiger partial charge in [-0.05, 0) is 71.3 Å². The molecule has 8 heteroatoms. The molecule has 2 aliphatic rings. The number of anilines is 1. The van der Waals surface area contributed by atoms with Crippen molar-refractivity contribution < 1.29 is 23.1 Å². The highest BCUT2D eigenvalue weighted by atomic mass is 19.1. The van der Waals surface area contributed by atoms with Crippen molar-refractivity contribution in [1.82, 2.24) is 9.80 Å². The molecule has 2 amide bonds. The standard InChI is InChI=1S/C34H31F2N3O3/c1-42-28-16-8-24(9-17-28)32-31(34(41)38-20-18-37(19-21-38)27-14-12-26(36)13-15-27)29-4-2-3-5-30(29)33(40)39(32)22-23-6-10-25(35)11-7-23/h2-17,31-32H,18-22H2,1H3/t31-,32-/m1/s1. The number of hydrogen-bond donors (Lipinski definition) is 0. The first-order chi connectivity index (χ1) is 20.4. The van der Waals surface area contributed by atoms with Crippen molar-refractivity contribution in [1.29, 1.82) is 0 Å². The maximum absolute atomic E-state index is 14.5. The second-order valence-corrected chi connectivity index (χ2v) is 10.6. The molecule has 42 heavy (non-hydrogen) atoms. The topological polar surface area (TPSA) is 53.1 Å². The van der Waals surface area contributed by atoms with Crippen LogP contribution in [0.1, 0.15) is 39.0 Å². The zero-order valence-corrected chi connectivity index (χ0v) is 23.3. The predicted molar refractivity (Wildman–Crippen MR) is 156 cm³/mol. The van der Waals surface area contributed by atoms with Crippen LogP contribution in [0.25, 0.3) is 0 Å². The number of ether oxygens (including phenoxy) is 1. The molecule has 6 rings (SSSR count). The predicted octanol–water partition coefficient (Wildman–Crippen LogP) is 5.80. The SMILES string of the molecule is COc1ccc([C@@H]2[C@H](C(=O)N3CCN(c4ccc(F)cc4)CC3)c3ccccc3C(=O)N2Cc2ccc(F)cc2)cc1. The molecule has 2 heterocycles. The Morgan fingerprint density at radius 2 is 1.43 bits per heavy atom. The van der Waals surface area contributed by atoms with Gasteiger partial charge < -0.3 is 19.4 Å². The van der Waals surface area contributed by atoms with Crippen LogP contribution in [0.5, 0.6) is 5.75 Å². The van der Waals surface area contributed by atoms with Gasteiger partial charge in [0.15, 0.2) is 0 Å². The third kappa shape index (κ3) is 5.32. The van der Waals surface area contributed by atoms with Crippen molar-refractivity contribution in [3.8, 4) is 5.75 Å². The highest BCUT2D eigenvalue weighted by molar-refractivity contribution is 6.01. The molecular weight excluding hydrogens is 536 g/mol. The first kappa shape index (κ1) is 27.4. The molecule has 0 aliphatic carbocycles. The van der Waals surface area contributed by atoms with Gasteiger partial charge >= 0.3 is 0 Å². The van der Waals surface area contributed by atoms with E-state index in [1.165, 1.54) is 24.3 Å². The Hall–Kier alpha value is -4.72. The molecule has 0 spiro atoms. The summed E-state index contributed by atoms with van der Waals surface area (Å²) < 4.78 is 32.5. The maximum Gasteiger partial charge on any atom is 0.255 e. The summed E-state index contributed by atoms with van der Waals surface area (Å²) >= 11 is 0. The van der Waals surface area contributed by atoms with Gasteiger partial charge in [0.05, 0.1) is 19.1 Å². The fourth-order valence-electron chi connectivity index (χ4n) is 6.03. The number of piperazine rings is 1. The van der Waals surface area contributed by atoms with Gasteiger partial charge in [0.1, 0.15) is 17.4 Å². The van der Waals surface area contributed by atoms with Crippen molar-refractivity contribution >= 4 is 17.5 Å². The van der Waals surface area contributed by atoms with Crippen LogP contribution in [0.3, 0.4) is 0 Å². The van der Waals surface area contributed by atoms with Crippen LogP contribution < -0.4 is 9.64 Å². The number of carbonyl (C=O) groups excluding carboxylic acids is 2. The molecule has 0 saturated carbocycles. The number of benzene rings is 4. The van der Waals surface area contributed by atoms with Crippen molar-refractivity contribution in [2.45, 2.75) is 18.5 Å². The van der Waals surface area contributed by atoms with Gasteiger partial charge in [-0.1, -0.05) is 42.5 Å². The van der Waals surface area contributed by atoms with Crippen LogP contribution in [-0.4, -0.2) is 54.9 Å². The molecular formula is C34H31F2N3O3. The van der Waals surface area contributed by atoms with E-state index in [1.54, 1.807) is 42.3 Å². The van der Waals surface area contributed by atoms with Gasteiger partial charge in [0, 0.05) is 44.0 Å². The minimum absolute atomic E-state index is 0.0568. The fraction of sp³-hybridized carbons (Fsp3) is 0.235. The van der Waals surface area contributed by atoms with Gasteiger partial charge in [-0.15, -0.1) is 0 Å². The molecule has 6 nitrogen and oxygen atoms in total. The van der Waals surface area contributed by atoms with Crippen LogP contribution in [0, 0.1) is 11.6 Å². The van der Waals surface area contributed by atoms with Crippen LogP contribution in [-0.2, 0) is 11.3 Å². The minimum atomic E-state index is -0.648. The Bertz CT molecular complexity index is 1570. The van der Waals surface area contributed by atoms with E-state index >= 15 is 0 Å². The number of methoxy groups -OCH3 is 1. The van der Waals surface area contributed by atoms with Crippen LogP contribution in [0.15, 0.2) is 97.1 Å². The third-order valence-electron chi connectivity index (χ3n) is 8.21. The number of carbonyl (C=O) groups is 2. The van der Waals surface area contributed by atoms with E-state index in [-0.39, 0.29) is 30.0 Å². The van der Waals surface area contributed by atoms with E-state index in [0.29, 0.717) is 43.1 Å². The van der Waals surface area contributed by atoms with Gasteiger partial charge in [-0.2, -0.15) is 0 Å². The Balaban J connectivity index is 1.37. The van der Waals surface area contributed by atoms with E-state index in [1.807, 2.05) is 47.4 Å². The molecule has 1 fully saturated rings. The van der Waals surface area contributed by atoms with Crippen molar-refractivity contribution in [3.05, 3.63) is 131 Å². The average molecular weight is 568 g/mol. The highest BCUT2D eigenvalue weighted by Crippen LogP contribution is 2.45. The Morgan fingerprint density at radius 1 is 0.810 bits per heavy atom. The second-order valence-electron chi connectivity index (χ2n) is 10.6. The molecule has 0 N–H and O–H groups in total. The van der Waals surface area contributed by atoms with E-state index in [2.05, 4.69) is 4.90 Å². The number of amides is 2. The summed E-state index contributed by atoms with van der Waals surface area (Å²) in [5, 5.41) is 0. The summed E-state index contributed by atoms with van der Waals surface area (Å²) in [6.45, 7) is 2.42. The maximum atomic E-state index is 14.5. The number of hydrogen-bond acceptors (Lipinski definition) is 4. The first-order valence-electron chi connectivity index (χ1n) is 14.0. The highest BCUT2D eigenvalue weighted by Gasteiger charge is 2.45. The lowest BCUT2D eigenvalue weighted by molar-refractivity contribution is -0.135. The fourth-order valence-corrected chi connectivity index (χ4v) is 6.03. The van der Waals surface area contributed by atoms with Gasteiger partial charge in [-0.3, -0.25) is 9.59 Å². The lowest BCUT2D eigenvalue weighted by Gasteiger charge is -2.45. The van der Waals surface area contributed by atoms with Gasteiger partial charge in [-0.25, -0.2) is 8.78 Å². The monoisotopic (exact) mass is 567 g/mol. The van der Waals surface area contributed by atoms with Crippen LogP contribution in [0.2, 0.25) is 0 Å². The smallest absolute Gasteiger partial charge is 0.255 e. The minimum Gasteiger partial charge on any atom is -0.497 e. The second kappa shape index (κ2) is 11.6. The van der Waals surface area contributed by atoms with Crippen LogP contribution >= 0.6 is 0 Å². The molecule has 4 aromatic carbocycles. The quantitative estimate of drug-likeness (QED) is 0.296. The largest absolute Gasteiger partial charge is 0.497 e. The van der Waals surface area contributed by atoms with Crippen molar-refractivity contribution in [2.24, 2.45) is 0 Å². The zero-order valence-electron chi connectivity index (χ0n) is 23.3. The summed E-state index contributed by atoms with van der Waals surface area (Å²) in [4.78, 5) is 34.3. The normalized spacial score (nSPS) is 18.5. The molecule has 0 bridgehead atoms. The molecule has 0 unspecified atom stereocenters. The number of rotatable bonds is 6. The average Bonchev–Trinajstić information content (AvgIpc) is 3.03. The third-order valence-corrected chi connectivity index (χ3v) is 8.21. The molecule has 0 aromatic heterocycles. The van der Waals surface area contributed by atoms with Gasteiger partial charge in [0.25, 0.3) is 5.91 Å². The molecule has 2 aliphatic heterocycles. The number of halogens is 2. The van der Waals surface area contributed by atoms with Gasteiger partial charge in [0.2, 0.25) is 5.91 Å². The Morgan fingerprint density at radius 3 is 2.07 bits per heavy atom. The molecule has 0 radical (unpaired) electrons. The lowest BCUT2D eigenvalue weighted by Crippen LogP contribution is -2.53. The summed E-state index contributed by atoms with van der Waals surface area (Å²) in [5.41, 5.74) is 3.68. The number of nitrogens with zero attached hydrogens (tertiary/aromatic N) is 3. The first-order valence-corrected chi connectivity index (χ1v) is 14.0. The van der Waals surface area contributed by atoms with E-state index in [4.69, 9.17) is 4.74 Å².